The van der Waals surface area contributed by atoms with Crippen LogP contribution in [-0.4, -0.2) is 43.5 Å². The molecule has 1 saturated heterocycles. The molecule has 0 N–H and O–H groups in total. The van der Waals surface area contributed by atoms with E-state index in [4.69, 9.17) is 9.57 Å². The van der Waals surface area contributed by atoms with Crippen molar-refractivity contribution >= 4 is 5.97 Å². The number of likely N-dealkylation sites (N-methyl/N-ethyl adjacent to an activating group) is 1. The zero-order chi connectivity index (χ0) is 9.03. The molecule has 0 spiro atoms. The number of hydrogen-bond acceptors (Lipinski definition) is 3. The highest BCUT2D eigenvalue weighted by atomic mass is 16.7. The molecule has 0 aromatic carbocycles. The van der Waals surface area contributed by atoms with Crippen LogP contribution in [0.2, 0.25) is 0 Å². The van der Waals surface area contributed by atoms with Gasteiger partial charge < -0.3 is 4.74 Å². The number of quaternary nitrogens is 1. The van der Waals surface area contributed by atoms with Gasteiger partial charge in [-0.15, -0.1) is 4.65 Å². The summed E-state index contributed by atoms with van der Waals surface area (Å²) < 4.78 is 5.63. The molecule has 1 fully saturated rings. The van der Waals surface area contributed by atoms with Crippen molar-refractivity contribution in [2.45, 2.75) is 13.8 Å². The topological polar surface area (TPSA) is 35.5 Å². The molecule has 1 heterocycles. The van der Waals surface area contributed by atoms with Crippen LogP contribution in [0.1, 0.15) is 13.8 Å². The zero-order valence-corrected chi connectivity index (χ0v) is 7.71. The maximum Gasteiger partial charge on any atom is 0.363 e. The summed E-state index contributed by atoms with van der Waals surface area (Å²) >= 11 is 0. The fraction of sp³-hybridized carbons (Fsp3) is 0.875. The summed E-state index contributed by atoms with van der Waals surface area (Å²) in [7, 11) is 0. The molecule has 4 heteroatoms. The molecule has 4 nitrogen and oxygen atoms in total. The molecule has 12 heavy (non-hydrogen) atoms. The number of hydroxylamine groups is 3. The van der Waals surface area contributed by atoms with E-state index in [0.717, 1.165) is 19.6 Å². The van der Waals surface area contributed by atoms with Crippen molar-refractivity contribution in [2.75, 3.05) is 32.8 Å². The number of hydrogen-bond donors (Lipinski definition) is 0. The second kappa shape index (κ2) is 3.87. The summed E-state index contributed by atoms with van der Waals surface area (Å²) in [5, 5.41) is 0. The van der Waals surface area contributed by atoms with Gasteiger partial charge >= 0.3 is 5.97 Å². The lowest BCUT2D eigenvalue weighted by Crippen LogP contribution is -2.55. The van der Waals surface area contributed by atoms with Gasteiger partial charge in [-0.1, -0.05) is 0 Å². The fourth-order valence-electron chi connectivity index (χ4n) is 1.42. The molecule has 0 atom stereocenters. The van der Waals surface area contributed by atoms with Gasteiger partial charge in [0.25, 0.3) is 0 Å². The monoisotopic (exact) mass is 174 g/mol. The van der Waals surface area contributed by atoms with Crippen LogP contribution in [0.15, 0.2) is 0 Å². The smallest absolute Gasteiger partial charge is 0.363 e. The summed E-state index contributed by atoms with van der Waals surface area (Å²) in [5.41, 5.74) is 0. The van der Waals surface area contributed by atoms with Crippen molar-refractivity contribution in [3.05, 3.63) is 0 Å². The Balaban J connectivity index is 2.53. The van der Waals surface area contributed by atoms with Gasteiger partial charge in [-0.05, 0) is 6.92 Å². The number of ether oxygens (including phenoxy) is 1. The Morgan fingerprint density at radius 1 is 1.50 bits per heavy atom. The number of morpholine rings is 1. The van der Waals surface area contributed by atoms with Gasteiger partial charge in [-0.3, -0.25) is 4.84 Å². The van der Waals surface area contributed by atoms with Crippen molar-refractivity contribution < 1.29 is 19.0 Å². The van der Waals surface area contributed by atoms with Crippen molar-refractivity contribution in [3.63, 3.8) is 0 Å². The van der Waals surface area contributed by atoms with E-state index < -0.39 is 0 Å². The van der Waals surface area contributed by atoms with Crippen LogP contribution in [0.4, 0.5) is 0 Å². The van der Waals surface area contributed by atoms with Crippen molar-refractivity contribution in [3.8, 4) is 0 Å². The second-order valence-corrected chi connectivity index (χ2v) is 3.02. The maximum atomic E-state index is 10.8. The van der Waals surface area contributed by atoms with E-state index in [-0.39, 0.29) is 5.97 Å². The molecule has 0 amide bonds. The Hall–Kier alpha value is -0.610. The van der Waals surface area contributed by atoms with Crippen LogP contribution >= 0.6 is 0 Å². The lowest BCUT2D eigenvalue weighted by atomic mass is 10.4. The molecule has 0 aromatic rings. The van der Waals surface area contributed by atoms with E-state index in [2.05, 4.69) is 0 Å². The molecule has 0 saturated carbocycles. The quantitative estimate of drug-likeness (QED) is 0.566. The van der Waals surface area contributed by atoms with Crippen molar-refractivity contribution in [1.82, 2.24) is 0 Å². The molecular weight excluding hydrogens is 158 g/mol. The number of carbonyl (C=O) groups excluding carboxylic acids is 1. The SMILES string of the molecule is CC[N+]1(OC(C)=O)CCOCC1. The molecule has 0 aliphatic carbocycles. The van der Waals surface area contributed by atoms with E-state index in [1.807, 2.05) is 6.92 Å². The third-order valence-electron chi connectivity index (χ3n) is 2.18. The third kappa shape index (κ3) is 2.19. The molecular formula is C8H16NO3+. The highest BCUT2D eigenvalue weighted by Gasteiger charge is 2.32. The first-order valence-corrected chi connectivity index (χ1v) is 4.32. The lowest BCUT2D eigenvalue weighted by molar-refractivity contribution is -1.09. The van der Waals surface area contributed by atoms with E-state index in [1.54, 1.807) is 0 Å². The summed E-state index contributed by atoms with van der Waals surface area (Å²) in [5.74, 6) is -0.209. The van der Waals surface area contributed by atoms with E-state index in [0.29, 0.717) is 17.9 Å². The average molecular weight is 174 g/mol. The first-order valence-electron chi connectivity index (χ1n) is 4.32. The molecule has 1 aliphatic rings. The average Bonchev–Trinajstić information content (AvgIpc) is 2.05. The molecule has 0 bridgehead atoms. The second-order valence-electron chi connectivity index (χ2n) is 3.02. The van der Waals surface area contributed by atoms with E-state index >= 15 is 0 Å². The Morgan fingerprint density at radius 2 is 2.08 bits per heavy atom. The number of nitrogens with zero attached hydrogens (tertiary/aromatic N) is 1. The lowest BCUT2D eigenvalue weighted by Gasteiger charge is -2.35. The minimum absolute atomic E-state index is 0.209. The van der Waals surface area contributed by atoms with Crippen LogP contribution < -0.4 is 0 Å². The summed E-state index contributed by atoms with van der Waals surface area (Å²) in [4.78, 5) is 16.0. The highest BCUT2D eigenvalue weighted by Crippen LogP contribution is 2.11. The Labute approximate surface area is 72.6 Å². The van der Waals surface area contributed by atoms with Gasteiger partial charge in [0, 0.05) is 6.92 Å². The molecule has 0 unspecified atom stereocenters. The van der Waals surface area contributed by atoms with E-state index in [9.17, 15) is 4.79 Å². The minimum atomic E-state index is -0.209. The van der Waals surface area contributed by atoms with E-state index in [1.165, 1.54) is 6.92 Å². The maximum absolute atomic E-state index is 10.8. The van der Waals surface area contributed by atoms with Crippen LogP contribution in [0.25, 0.3) is 0 Å². The van der Waals surface area contributed by atoms with Gasteiger partial charge in [0.1, 0.15) is 19.6 Å². The van der Waals surface area contributed by atoms with Gasteiger partial charge in [-0.2, -0.15) is 0 Å². The predicted octanol–water partition coefficient (Wildman–Crippen LogP) is 0.331. The van der Waals surface area contributed by atoms with Gasteiger partial charge in [0.2, 0.25) is 0 Å². The van der Waals surface area contributed by atoms with Gasteiger partial charge in [0.15, 0.2) is 0 Å². The van der Waals surface area contributed by atoms with Crippen molar-refractivity contribution in [2.24, 2.45) is 0 Å². The largest absolute Gasteiger partial charge is 0.369 e. The Kier molecular flexibility index (Phi) is 3.05. The normalized spacial score (nSPS) is 21.8. The minimum Gasteiger partial charge on any atom is -0.369 e. The highest BCUT2D eigenvalue weighted by molar-refractivity contribution is 5.65. The van der Waals surface area contributed by atoms with Gasteiger partial charge in [-0.25, -0.2) is 4.79 Å². The van der Waals surface area contributed by atoms with Crippen LogP contribution in [-0.2, 0) is 14.4 Å². The third-order valence-corrected chi connectivity index (χ3v) is 2.18. The Morgan fingerprint density at radius 3 is 2.50 bits per heavy atom. The fourth-order valence-corrected chi connectivity index (χ4v) is 1.42. The molecule has 0 aromatic heterocycles. The number of rotatable bonds is 2. The van der Waals surface area contributed by atoms with Crippen molar-refractivity contribution in [1.29, 1.82) is 0 Å². The zero-order valence-electron chi connectivity index (χ0n) is 7.71. The van der Waals surface area contributed by atoms with Crippen LogP contribution in [0.5, 0.6) is 0 Å². The molecule has 1 rings (SSSR count). The molecule has 1 aliphatic heterocycles. The molecule has 70 valence electrons. The summed E-state index contributed by atoms with van der Waals surface area (Å²) in [6, 6.07) is 0. The van der Waals surface area contributed by atoms with Crippen LogP contribution in [0.3, 0.4) is 0 Å². The molecule has 0 radical (unpaired) electrons. The first-order chi connectivity index (χ1) is 5.68. The van der Waals surface area contributed by atoms with Gasteiger partial charge in [0.05, 0.1) is 13.2 Å². The number of carbonyl (C=O) groups is 1. The first kappa shape index (κ1) is 9.48. The predicted molar refractivity (Wildman–Crippen MR) is 43.1 cm³/mol. The standard InChI is InChI=1S/C8H16NO3/c1-3-9(12-8(2)10)4-6-11-7-5-9/h3-7H2,1-2H3/q+1. The van der Waals surface area contributed by atoms with Crippen LogP contribution in [0, 0.1) is 0 Å². The summed E-state index contributed by atoms with van der Waals surface area (Å²) in [6.45, 7) is 7.21. The Bertz CT molecular complexity index is 164. The summed E-state index contributed by atoms with van der Waals surface area (Å²) in [6.07, 6.45) is 0.